The molecule has 1 aromatic heterocycles. The molecular weight excluding hydrogens is 476 g/mol. The Kier molecular flexibility index (Phi) is 7.49. The Bertz CT molecular complexity index is 1240. The van der Waals surface area contributed by atoms with Crippen LogP contribution in [0.4, 0.5) is 0 Å². The smallest absolute Gasteiger partial charge is 0.282 e. The molecule has 166 valence electrons. The number of nitrogens with zero attached hydrogens (tertiary/aromatic N) is 4. The fourth-order valence-corrected chi connectivity index (χ4v) is 3.49. The molecule has 3 rings (SSSR count). The molecule has 0 fully saturated rings. The fraction of sp³-hybridized carbons (Fsp3) is 0.304. The number of nitriles is 1. The van der Waals surface area contributed by atoms with Crippen LogP contribution >= 0.6 is 15.9 Å². The number of hydrogen-bond donors (Lipinski definition) is 0. The van der Waals surface area contributed by atoms with Gasteiger partial charge in [0.15, 0.2) is 18.1 Å². The normalized spacial score (nSPS) is 12.0. The van der Waals surface area contributed by atoms with Crippen LogP contribution in [0.25, 0.3) is 10.9 Å². The van der Waals surface area contributed by atoms with Crippen molar-refractivity contribution in [2.45, 2.75) is 26.2 Å². The van der Waals surface area contributed by atoms with Crippen LogP contribution in [-0.4, -0.2) is 36.7 Å². The van der Waals surface area contributed by atoms with Crippen LogP contribution in [0.5, 0.6) is 17.2 Å². The van der Waals surface area contributed by atoms with Gasteiger partial charge in [-0.25, -0.2) is 4.98 Å². The van der Waals surface area contributed by atoms with Gasteiger partial charge in [-0.1, -0.05) is 29.8 Å². The molecule has 0 saturated carbocycles. The summed E-state index contributed by atoms with van der Waals surface area (Å²) in [5, 5.41) is 13.7. The zero-order valence-corrected chi connectivity index (χ0v) is 19.8. The highest BCUT2D eigenvalue weighted by atomic mass is 79.9. The van der Waals surface area contributed by atoms with Crippen LogP contribution in [0.15, 0.2) is 44.7 Å². The Hall–Kier alpha value is -3.38. The largest absolute Gasteiger partial charge is 0.493 e. The van der Waals surface area contributed by atoms with Crippen molar-refractivity contribution in [2.24, 2.45) is 5.10 Å². The van der Waals surface area contributed by atoms with Crippen LogP contribution < -0.4 is 19.8 Å². The number of hydrogen-bond acceptors (Lipinski definition) is 7. The van der Waals surface area contributed by atoms with Gasteiger partial charge in [-0.15, -0.1) is 0 Å². The fourth-order valence-electron chi connectivity index (χ4n) is 3.12. The molecule has 0 unspecified atom stereocenters. The average molecular weight is 499 g/mol. The molecule has 0 aliphatic heterocycles. The van der Waals surface area contributed by atoms with Gasteiger partial charge in [-0.2, -0.15) is 15.0 Å². The van der Waals surface area contributed by atoms with Gasteiger partial charge < -0.3 is 14.2 Å². The van der Waals surface area contributed by atoms with E-state index in [2.05, 4.69) is 21.0 Å². The minimum Gasteiger partial charge on any atom is -0.493 e. The summed E-state index contributed by atoms with van der Waals surface area (Å²) in [6.07, 6.45) is 2.34. The molecule has 0 bridgehead atoms. The van der Waals surface area contributed by atoms with Crippen molar-refractivity contribution in [2.75, 3.05) is 20.8 Å². The number of fused-ring (bicyclic) bond motifs is 1. The van der Waals surface area contributed by atoms with E-state index in [9.17, 15) is 4.79 Å². The first-order valence-electron chi connectivity index (χ1n) is 9.95. The molecule has 32 heavy (non-hydrogen) atoms. The standard InChI is InChI=1S/C23H23BrN4O4/c1-5-14(2)22-27-18-7-6-16(24)12-17(18)23(29)28(22)26-13-15-10-19(30-3)21(32-9-8-25)20(11-15)31-4/h6-7,10-14H,5,9H2,1-4H3/t14-/m1/s1. The highest BCUT2D eigenvalue weighted by Gasteiger charge is 2.17. The van der Waals surface area contributed by atoms with E-state index in [1.54, 1.807) is 18.2 Å². The third-order valence-electron chi connectivity index (χ3n) is 4.97. The maximum atomic E-state index is 13.3. The van der Waals surface area contributed by atoms with Crippen molar-refractivity contribution < 1.29 is 14.2 Å². The molecule has 2 aromatic carbocycles. The molecule has 0 amide bonds. The molecule has 1 heterocycles. The second kappa shape index (κ2) is 10.3. The number of ether oxygens (including phenoxy) is 3. The summed E-state index contributed by atoms with van der Waals surface area (Å²) < 4.78 is 18.3. The van der Waals surface area contributed by atoms with Crippen LogP contribution in [0.3, 0.4) is 0 Å². The van der Waals surface area contributed by atoms with Crippen molar-refractivity contribution in [3.05, 3.63) is 56.5 Å². The van der Waals surface area contributed by atoms with E-state index in [1.165, 1.54) is 25.1 Å². The number of benzene rings is 2. The Morgan fingerprint density at radius 2 is 1.94 bits per heavy atom. The first-order valence-corrected chi connectivity index (χ1v) is 10.7. The lowest BCUT2D eigenvalue weighted by molar-refractivity contribution is 0.303. The quantitative estimate of drug-likeness (QED) is 0.424. The van der Waals surface area contributed by atoms with E-state index in [1.807, 2.05) is 32.0 Å². The van der Waals surface area contributed by atoms with E-state index in [4.69, 9.17) is 24.5 Å². The maximum absolute atomic E-state index is 13.3. The molecule has 8 nitrogen and oxygen atoms in total. The third kappa shape index (κ3) is 4.75. The zero-order valence-electron chi connectivity index (χ0n) is 18.3. The molecule has 0 radical (unpaired) electrons. The van der Waals surface area contributed by atoms with E-state index in [0.717, 1.165) is 10.9 Å². The SMILES string of the molecule is CC[C@@H](C)c1nc2ccc(Br)cc2c(=O)n1N=Cc1cc(OC)c(OCC#N)c(OC)c1. The van der Waals surface area contributed by atoms with Gasteiger partial charge >= 0.3 is 0 Å². The van der Waals surface area contributed by atoms with E-state index in [-0.39, 0.29) is 18.1 Å². The van der Waals surface area contributed by atoms with Crippen molar-refractivity contribution in [3.8, 4) is 23.3 Å². The Morgan fingerprint density at radius 1 is 1.25 bits per heavy atom. The highest BCUT2D eigenvalue weighted by Crippen LogP contribution is 2.38. The minimum atomic E-state index is -0.254. The lowest BCUT2D eigenvalue weighted by atomic mass is 10.1. The minimum absolute atomic E-state index is 0.0266. The zero-order chi connectivity index (χ0) is 23.3. The van der Waals surface area contributed by atoms with Gasteiger partial charge in [0.05, 0.1) is 31.3 Å². The van der Waals surface area contributed by atoms with Crippen molar-refractivity contribution in [1.29, 1.82) is 5.26 Å². The van der Waals surface area contributed by atoms with Crippen molar-refractivity contribution in [1.82, 2.24) is 9.66 Å². The summed E-state index contributed by atoms with van der Waals surface area (Å²) >= 11 is 3.41. The van der Waals surface area contributed by atoms with E-state index < -0.39 is 0 Å². The highest BCUT2D eigenvalue weighted by molar-refractivity contribution is 9.10. The first-order chi connectivity index (χ1) is 15.4. The molecule has 0 saturated heterocycles. The van der Waals surface area contributed by atoms with E-state index in [0.29, 0.717) is 39.5 Å². The summed E-state index contributed by atoms with van der Waals surface area (Å²) in [5.41, 5.74) is 0.998. The molecule has 0 aliphatic rings. The van der Waals surface area contributed by atoms with Crippen LogP contribution in [0.2, 0.25) is 0 Å². The lowest BCUT2D eigenvalue weighted by Crippen LogP contribution is -2.23. The van der Waals surface area contributed by atoms with Gasteiger partial charge in [0.25, 0.3) is 5.56 Å². The first kappa shape index (κ1) is 23.3. The average Bonchev–Trinajstić information content (AvgIpc) is 2.81. The summed E-state index contributed by atoms with van der Waals surface area (Å²) in [4.78, 5) is 18.0. The number of rotatable bonds is 8. The van der Waals surface area contributed by atoms with Gasteiger partial charge in [0.2, 0.25) is 5.75 Å². The molecule has 0 spiro atoms. The van der Waals surface area contributed by atoms with Crippen molar-refractivity contribution in [3.63, 3.8) is 0 Å². The summed E-state index contributed by atoms with van der Waals surface area (Å²) in [6, 6.07) is 10.7. The Morgan fingerprint density at radius 3 is 2.53 bits per heavy atom. The lowest BCUT2D eigenvalue weighted by Gasteiger charge is -2.15. The topological polar surface area (TPSA) is 98.7 Å². The molecule has 9 heteroatoms. The van der Waals surface area contributed by atoms with Crippen molar-refractivity contribution >= 4 is 33.0 Å². The van der Waals surface area contributed by atoms with Gasteiger partial charge in [0, 0.05) is 16.0 Å². The van der Waals surface area contributed by atoms with Gasteiger partial charge in [0.1, 0.15) is 11.9 Å². The summed E-state index contributed by atoms with van der Waals surface area (Å²) in [6.45, 7) is 3.89. The molecule has 3 aromatic rings. The third-order valence-corrected chi connectivity index (χ3v) is 5.47. The summed E-state index contributed by atoms with van der Waals surface area (Å²) in [5.74, 6) is 1.70. The molecule has 1 atom stereocenters. The summed E-state index contributed by atoms with van der Waals surface area (Å²) in [7, 11) is 2.98. The molecule has 0 N–H and O–H groups in total. The van der Waals surface area contributed by atoms with Crippen LogP contribution in [-0.2, 0) is 0 Å². The monoisotopic (exact) mass is 498 g/mol. The molecule has 0 aliphatic carbocycles. The Balaban J connectivity index is 2.14. The number of aromatic nitrogens is 2. The van der Waals surface area contributed by atoms with Gasteiger partial charge in [-0.3, -0.25) is 4.79 Å². The number of halogens is 1. The maximum Gasteiger partial charge on any atom is 0.282 e. The Labute approximate surface area is 194 Å². The molecular formula is C23H23BrN4O4. The van der Waals surface area contributed by atoms with Gasteiger partial charge in [-0.05, 0) is 36.8 Å². The second-order valence-corrected chi connectivity index (χ2v) is 7.92. The predicted octanol–water partition coefficient (Wildman–Crippen LogP) is 4.47. The number of methoxy groups -OCH3 is 2. The van der Waals surface area contributed by atoms with Crippen LogP contribution in [0.1, 0.15) is 37.6 Å². The predicted molar refractivity (Wildman–Crippen MR) is 126 cm³/mol. The second-order valence-electron chi connectivity index (χ2n) is 7.00. The van der Waals surface area contributed by atoms with E-state index >= 15 is 0 Å². The van der Waals surface area contributed by atoms with Crippen LogP contribution in [0, 0.1) is 11.3 Å².